The zero-order valence-electron chi connectivity index (χ0n) is 20.1. The normalized spacial score (nSPS) is 17.7. The van der Waals surface area contributed by atoms with E-state index in [1.54, 1.807) is 17.0 Å². The minimum atomic E-state index is -0.860. The smallest absolute Gasteiger partial charge is 0.258 e. The highest BCUT2D eigenvalue weighted by Crippen LogP contribution is 2.49. The van der Waals surface area contributed by atoms with Crippen LogP contribution in [0, 0.1) is 11.7 Å². The molecule has 0 aromatic heterocycles. The third-order valence-electron chi connectivity index (χ3n) is 6.38. The first-order valence-corrected chi connectivity index (χ1v) is 12.0. The Kier molecular flexibility index (Phi) is 8.37. The molecule has 1 fully saturated rings. The number of hydrogen-bond acceptors (Lipinski definition) is 6. The SMILES string of the molecule is O=C(COc1ccc(C2C(CCC(O)c3ccc(F)cc3)C(=O)N2c2ccccc2)c(O)c1)NCCO. The Hall–Kier alpha value is -3.95. The van der Waals surface area contributed by atoms with E-state index in [0.29, 0.717) is 23.2 Å². The maximum atomic E-state index is 13.2. The summed E-state index contributed by atoms with van der Waals surface area (Å²) in [5.74, 6) is -1.22. The van der Waals surface area contributed by atoms with Crippen molar-refractivity contribution in [2.45, 2.75) is 25.0 Å². The van der Waals surface area contributed by atoms with Crippen molar-refractivity contribution in [1.82, 2.24) is 5.32 Å². The van der Waals surface area contributed by atoms with E-state index in [2.05, 4.69) is 5.32 Å². The van der Waals surface area contributed by atoms with Crippen LogP contribution in [0.25, 0.3) is 0 Å². The van der Waals surface area contributed by atoms with Crippen LogP contribution in [0.1, 0.15) is 36.1 Å². The van der Waals surface area contributed by atoms with Crippen LogP contribution in [0.3, 0.4) is 0 Å². The molecule has 0 radical (unpaired) electrons. The second kappa shape index (κ2) is 11.9. The van der Waals surface area contributed by atoms with E-state index in [9.17, 15) is 24.2 Å². The van der Waals surface area contributed by atoms with Crippen molar-refractivity contribution in [3.8, 4) is 11.5 Å². The van der Waals surface area contributed by atoms with Crippen molar-refractivity contribution in [3.05, 3.63) is 89.7 Å². The molecule has 1 saturated heterocycles. The van der Waals surface area contributed by atoms with Gasteiger partial charge in [0.05, 0.1) is 24.7 Å². The fraction of sp³-hybridized carbons (Fsp3) is 0.286. The summed E-state index contributed by atoms with van der Waals surface area (Å²) in [7, 11) is 0. The van der Waals surface area contributed by atoms with E-state index in [1.165, 1.54) is 30.3 Å². The molecular formula is C28H29FN2O6. The molecule has 4 N–H and O–H groups in total. The Morgan fingerprint density at radius 2 is 1.81 bits per heavy atom. The molecule has 2 amide bonds. The summed E-state index contributed by atoms with van der Waals surface area (Å²) in [4.78, 5) is 26.5. The number of carbonyl (C=O) groups excluding carboxylic acids is 2. The molecule has 1 heterocycles. The number of carbonyl (C=O) groups is 2. The number of β-lactam (4-membered cyclic amide) rings is 1. The number of nitrogens with zero attached hydrogens (tertiary/aromatic N) is 1. The van der Waals surface area contributed by atoms with Crippen LogP contribution in [-0.2, 0) is 9.59 Å². The lowest BCUT2D eigenvalue weighted by atomic mass is 9.78. The molecule has 0 bridgehead atoms. The quantitative estimate of drug-likeness (QED) is 0.295. The number of phenolic OH excluding ortho intramolecular Hbond substituents is 1. The lowest BCUT2D eigenvalue weighted by molar-refractivity contribution is -0.131. The number of aliphatic hydroxyl groups excluding tert-OH is 2. The van der Waals surface area contributed by atoms with E-state index in [1.807, 2.05) is 30.3 Å². The van der Waals surface area contributed by atoms with Crippen LogP contribution in [0.2, 0.25) is 0 Å². The highest BCUT2D eigenvalue weighted by Gasteiger charge is 2.49. The van der Waals surface area contributed by atoms with Crippen molar-refractivity contribution in [3.63, 3.8) is 0 Å². The Morgan fingerprint density at radius 1 is 1.08 bits per heavy atom. The van der Waals surface area contributed by atoms with Crippen molar-refractivity contribution in [2.75, 3.05) is 24.7 Å². The molecule has 194 valence electrons. The van der Waals surface area contributed by atoms with Gasteiger partial charge in [-0.15, -0.1) is 0 Å². The molecule has 37 heavy (non-hydrogen) atoms. The fourth-order valence-electron chi connectivity index (χ4n) is 4.51. The predicted molar refractivity (Wildman–Crippen MR) is 134 cm³/mol. The highest BCUT2D eigenvalue weighted by molar-refractivity contribution is 6.03. The average molecular weight is 509 g/mol. The largest absolute Gasteiger partial charge is 0.507 e. The Labute approximate surface area is 213 Å². The molecular weight excluding hydrogens is 479 g/mol. The number of anilines is 1. The summed E-state index contributed by atoms with van der Waals surface area (Å²) in [6, 6.07) is 18.9. The number of phenols is 1. The minimum Gasteiger partial charge on any atom is -0.507 e. The second-order valence-electron chi connectivity index (χ2n) is 8.82. The van der Waals surface area contributed by atoms with E-state index in [4.69, 9.17) is 9.84 Å². The van der Waals surface area contributed by atoms with Gasteiger partial charge in [-0.1, -0.05) is 30.3 Å². The van der Waals surface area contributed by atoms with E-state index in [-0.39, 0.29) is 43.6 Å². The van der Waals surface area contributed by atoms with Crippen LogP contribution in [0.5, 0.6) is 11.5 Å². The minimum absolute atomic E-state index is 0.0872. The number of para-hydroxylation sites is 1. The lowest BCUT2D eigenvalue weighted by Gasteiger charge is -2.48. The maximum absolute atomic E-state index is 13.2. The van der Waals surface area contributed by atoms with Gasteiger partial charge in [0.25, 0.3) is 5.91 Å². The molecule has 9 heteroatoms. The zero-order chi connectivity index (χ0) is 26.4. The molecule has 0 spiro atoms. The van der Waals surface area contributed by atoms with Crippen LogP contribution < -0.4 is 15.0 Å². The summed E-state index contributed by atoms with van der Waals surface area (Å²) in [5, 5.41) is 32.7. The van der Waals surface area contributed by atoms with Gasteiger partial charge in [-0.25, -0.2) is 4.39 Å². The molecule has 8 nitrogen and oxygen atoms in total. The topological polar surface area (TPSA) is 119 Å². The Bertz CT molecular complexity index is 1220. The Balaban J connectivity index is 1.51. The van der Waals surface area contributed by atoms with Gasteiger partial charge in [0, 0.05) is 23.9 Å². The molecule has 1 aliphatic heterocycles. The number of amides is 2. The van der Waals surface area contributed by atoms with Gasteiger partial charge in [0.2, 0.25) is 5.91 Å². The van der Waals surface area contributed by atoms with Crippen LogP contribution >= 0.6 is 0 Å². The number of ether oxygens (including phenoxy) is 1. The lowest BCUT2D eigenvalue weighted by Crippen LogP contribution is -2.55. The van der Waals surface area contributed by atoms with E-state index < -0.39 is 29.8 Å². The van der Waals surface area contributed by atoms with E-state index in [0.717, 1.165) is 0 Å². The standard InChI is InChI=1S/C28H29FN2O6/c29-19-8-6-18(7-9-19)24(33)13-12-23-27(31(28(23)36)20-4-2-1-3-5-20)22-11-10-21(16-25(22)34)37-17-26(35)30-14-15-32/h1-11,16,23-24,27,32-34H,12-15,17H2,(H,30,35). The zero-order valence-corrected chi connectivity index (χ0v) is 20.1. The average Bonchev–Trinajstić information content (AvgIpc) is 2.90. The highest BCUT2D eigenvalue weighted by atomic mass is 19.1. The molecule has 1 aliphatic rings. The summed E-state index contributed by atoms with van der Waals surface area (Å²) >= 11 is 0. The summed E-state index contributed by atoms with van der Waals surface area (Å²) in [6.45, 7) is -0.337. The number of halogens is 1. The first kappa shape index (κ1) is 26.1. The summed E-state index contributed by atoms with van der Waals surface area (Å²) in [5.41, 5.74) is 1.77. The molecule has 3 atom stereocenters. The Morgan fingerprint density at radius 3 is 2.49 bits per heavy atom. The van der Waals surface area contributed by atoms with Gasteiger partial charge in [-0.2, -0.15) is 0 Å². The number of rotatable bonds is 11. The molecule has 3 unspecified atom stereocenters. The molecule has 4 rings (SSSR count). The van der Waals surface area contributed by atoms with Gasteiger partial charge in [-0.3, -0.25) is 9.59 Å². The molecule has 3 aromatic carbocycles. The number of aliphatic hydroxyl groups is 2. The predicted octanol–water partition coefficient (Wildman–Crippen LogP) is 3.24. The first-order chi connectivity index (χ1) is 17.9. The molecule has 0 aliphatic carbocycles. The summed E-state index contributed by atoms with van der Waals surface area (Å²) < 4.78 is 18.7. The van der Waals surface area contributed by atoms with Gasteiger partial charge in [0.15, 0.2) is 6.61 Å². The van der Waals surface area contributed by atoms with Crippen LogP contribution in [0.4, 0.5) is 10.1 Å². The number of benzene rings is 3. The van der Waals surface area contributed by atoms with Gasteiger partial charge in [-0.05, 0) is 54.8 Å². The van der Waals surface area contributed by atoms with Crippen molar-refractivity contribution in [2.24, 2.45) is 5.92 Å². The monoisotopic (exact) mass is 508 g/mol. The van der Waals surface area contributed by atoms with E-state index >= 15 is 0 Å². The second-order valence-corrected chi connectivity index (χ2v) is 8.82. The van der Waals surface area contributed by atoms with Crippen LogP contribution in [-0.4, -0.2) is 46.9 Å². The van der Waals surface area contributed by atoms with Crippen LogP contribution in [0.15, 0.2) is 72.8 Å². The van der Waals surface area contributed by atoms with Crippen molar-refractivity contribution in [1.29, 1.82) is 0 Å². The molecule has 0 saturated carbocycles. The van der Waals surface area contributed by atoms with Crippen molar-refractivity contribution < 1.29 is 34.0 Å². The van der Waals surface area contributed by atoms with Gasteiger partial charge >= 0.3 is 0 Å². The number of nitrogens with one attached hydrogen (secondary N) is 1. The number of hydrogen-bond donors (Lipinski definition) is 4. The first-order valence-electron chi connectivity index (χ1n) is 12.0. The maximum Gasteiger partial charge on any atom is 0.258 e. The van der Waals surface area contributed by atoms with Gasteiger partial charge < -0.3 is 30.3 Å². The van der Waals surface area contributed by atoms with Gasteiger partial charge in [0.1, 0.15) is 17.3 Å². The number of aromatic hydroxyl groups is 1. The third kappa shape index (κ3) is 6.07. The van der Waals surface area contributed by atoms with Crippen molar-refractivity contribution >= 4 is 17.5 Å². The summed E-state index contributed by atoms with van der Waals surface area (Å²) in [6.07, 6.45) is -0.221. The fourth-order valence-corrected chi connectivity index (χ4v) is 4.51. The third-order valence-corrected chi connectivity index (χ3v) is 6.38. The molecule has 3 aromatic rings.